The summed E-state index contributed by atoms with van der Waals surface area (Å²) in [5, 5.41) is 2.51. The molecule has 100 valence electrons. The highest BCUT2D eigenvalue weighted by Gasteiger charge is 2.30. The summed E-state index contributed by atoms with van der Waals surface area (Å²) in [5.41, 5.74) is 0.713. The van der Waals surface area contributed by atoms with Crippen molar-refractivity contribution in [1.29, 1.82) is 0 Å². The van der Waals surface area contributed by atoms with Gasteiger partial charge in [0, 0.05) is 18.0 Å². The Kier molecular flexibility index (Phi) is 3.65. The lowest BCUT2D eigenvalue weighted by Gasteiger charge is -2.27. The Bertz CT molecular complexity index is 420. The normalized spacial score (nSPS) is 19.0. The van der Waals surface area contributed by atoms with Crippen LogP contribution in [0.3, 0.4) is 0 Å². The summed E-state index contributed by atoms with van der Waals surface area (Å²) >= 11 is 0. The number of ether oxygens (including phenoxy) is 2. The first kappa shape index (κ1) is 13.0. The lowest BCUT2D eigenvalue weighted by atomic mass is 10.0. The third-order valence-electron chi connectivity index (χ3n) is 2.81. The van der Waals surface area contributed by atoms with Crippen LogP contribution in [0.25, 0.3) is 0 Å². The summed E-state index contributed by atoms with van der Waals surface area (Å²) in [7, 11) is 1.52. The van der Waals surface area contributed by atoms with Gasteiger partial charge in [0.1, 0.15) is 11.5 Å². The van der Waals surface area contributed by atoms with Gasteiger partial charge in [-0.1, -0.05) is 0 Å². The second kappa shape index (κ2) is 5.06. The first-order chi connectivity index (χ1) is 8.49. The summed E-state index contributed by atoms with van der Waals surface area (Å²) in [6.45, 7) is -0.594. The Balaban J connectivity index is 2.15. The highest BCUT2D eigenvalue weighted by molar-refractivity contribution is 5.43. The van der Waals surface area contributed by atoms with Crippen molar-refractivity contribution in [3.8, 4) is 11.5 Å². The van der Waals surface area contributed by atoms with E-state index >= 15 is 0 Å². The molecule has 1 aromatic rings. The molecule has 0 fully saturated rings. The molecule has 0 bridgehead atoms. The van der Waals surface area contributed by atoms with Gasteiger partial charge >= 0.3 is 6.18 Å². The zero-order valence-electron chi connectivity index (χ0n) is 9.88. The van der Waals surface area contributed by atoms with E-state index in [0.29, 0.717) is 30.1 Å². The van der Waals surface area contributed by atoms with E-state index in [1.165, 1.54) is 7.11 Å². The van der Waals surface area contributed by atoms with Gasteiger partial charge in [-0.2, -0.15) is 13.2 Å². The largest absolute Gasteiger partial charge is 0.497 e. The molecule has 1 aromatic carbocycles. The molecule has 1 heterocycles. The second-order valence-corrected chi connectivity index (χ2v) is 4.09. The van der Waals surface area contributed by atoms with E-state index in [1.807, 2.05) is 0 Å². The summed E-state index contributed by atoms with van der Waals surface area (Å²) in [4.78, 5) is 0. The zero-order valence-corrected chi connectivity index (χ0v) is 9.88. The summed E-state index contributed by atoms with van der Waals surface area (Å²) in [6.07, 6.45) is -3.70. The molecule has 0 saturated carbocycles. The van der Waals surface area contributed by atoms with Crippen LogP contribution in [0.15, 0.2) is 18.2 Å². The molecule has 1 N–H and O–H groups in total. The molecule has 1 unspecified atom stereocenters. The van der Waals surface area contributed by atoms with Gasteiger partial charge in [-0.05, 0) is 18.2 Å². The maximum Gasteiger partial charge on any atom is 0.401 e. The van der Waals surface area contributed by atoms with Crippen molar-refractivity contribution in [2.75, 3.05) is 20.3 Å². The van der Waals surface area contributed by atoms with Crippen LogP contribution >= 0.6 is 0 Å². The van der Waals surface area contributed by atoms with Crippen molar-refractivity contribution in [3.05, 3.63) is 23.8 Å². The highest BCUT2D eigenvalue weighted by Crippen LogP contribution is 2.35. The van der Waals surface area contributed by atoms with Crippen molar-refractivity contribution in [1.82, 2.24) is 5.32 Å². The molecule has 0 spiro atoms. The zero-order chi connectivity index (χ0) is 13.2. The van der Waals surface area contributed by atoms with Gasteiger partial charge in [-0.15, -0.1) is 0 Å². The molecule has 1 aliphatic heterocycles. The number of hydrogen-bond donors (Lipinski definition) is 1. The van der Waals surface area contributed by atoms with Crippen LogP contribution in [0, 0.1) is 0 Å². The number of rotatable bonds is 3. The van der Waals surface area contributed by atoms with E-state index in [0.717, 1.165) is 0 Å². The van der Waals surface area contributed by atoms with Gasteiger partial charge in [0.05, 0.1) is 20.3 Å². The lowest BCUT2D eigenvalue weighted by Crippen LogP contribution is -2.34. The molecule has 6 heteroatoms. The molecule has 1 atom stereocenters. The highest BCUT2D eigenvalue weighted by atomic mass is 19.4. The van der Waals surface area contributed by atoms with Crippen LogP contribution < -0.4 is 14.8 Å². The van der Waals surface area contributed by atoms with Crippen molar-refractivity contribution in [3.63, 3.8) is 0 Å². The number of nitrogens with one attached hydrogen (secondary N) is 1. The van der Waals surface area contributed by atoms with Gasteiger partial charge < -0.3 is 14.8 Å². The molecule has 0 amide bonds. The minimum Gasteiger partial charge on any atom is -0.497 e. The Morgan fingerprint density at radius 3 is 2.89 bits per heavy atom. The fourth-order valence-corrected chi connectivity index (χ4v) is 1.95. The lowest BCUT2D eigenvalue weighted by molar-refractivity contribution is -0.126. The topological polar surface area (TPSA) is 30.5 Å². The molecule has 0 saturated heterocycles. The van der Waals surface area contributed by atoms with Crippen LogP contribution in [0.1, 0.15) is 18.0 Å². The van der Waals surface area contributed by atoms with E-state index in [1.54, 1.807) is 18.2 Å². The third-order valence-corrected chi connectivity index (χ3v) is 2.81. The summed E-state index contributed by atoms with van der Waals surface area (Å²) < 4.78 is 47.1. The number of alkyl halides is 3. The van der Waals surface area contributed by atoms with Crippen molar-refractivity contribution in [2.45, 2.75) is 18.6 Å². The number of fused-ring (bicyclic) bond motifs is 1. The molecule has 2 rings (SSSR count). The van der Waals surface area contributed by atoms with Crippen LogP contribution in [0.2, 0.25) is 0 Å². The van der Waals surface area contributed by atoms with Gasteiger partial charge in [-0.3, -0.25) is 0 Å². The number of halogens is 3. The molecule has 0 radical (unpaired) electrons. The maximum absolute atomic E-state index is 12.2. The average molecular weight is 261 g/mol. The fourth-order valence-electron chi connectivity index (χ4n) is 1.95. The van der Waals surface area contributed by atoms with Crippen LogP contribution in [0.5, 0.6) is 11.5 Å². The fraction of sp³-hybridized carbons (Fsp3) is 0.500. The molecule has 1 aliphatic rings. The van der Waals surface area contributed by atoms with E-state index in [4.69, 9.17) is 9.47 Å². The molecule has 18 heavy (non-hydrogen) atoms. The SMILES string of the molecule is COc1ccc2c(c1)C(NCC(F)(F)F)CCO2. The third kappa shape index (κ3) is 3.07. The maximum atomic E-state index is 12.2. The van der Waals surface area contributed by atoms with Crippen molar-refractivity contribution < 1.29 is 22.6 Å². The standard InChI is InChI=1S/C12H14F3NO2/c1-17-8-2-3-11-9(6-8)10(4-5-18-11)16-7-12(13,14)15/h2-3,6,10,16H,4-5,7H2,1H3. The van der Waals surface area contributed by atoms with Crippen LogP contribution in [-0.4, -0.2) is 26.4 Å². The minimum absolute atomic E-state index is 0.356. The number of methoxy groups -OCH3 is 1. The van der Waals surface area contributed by atoms with Crippen molar-refractivity contribution in [2.24, 2.45) is 0 Å². The first-order valence-electron chi connectivity index (χ1n) is 5.60. The Labute approximate surface area is 103 Å². The predicted molar refractivity (Wildman–Crippen MR) is 59.9 cm³/mol. The van der Waals surface area contributed by atoms with E-state index < -0.39 is 12.7 Å². The second-order valence-electron chi connectivity index (χ2n) is 4.09. The van der Waals surface area contributed by atoms with E-state index in [9.17, 15) is 13.2 Å². The molecular formula is C12H14F3NO2. The van der Waals surface area contributed by atoms with E-state index in [-0.39, 0.29) is 6.04 Å². The monoisotopic (exact) mass is 261 g/mol. The van der Waals surface area contributed by atoms with Gasteiger partial charge in [0.25, 0.3) is 0 Å². The average Bonchev–Trinajstić information content (AvgIpc) is 2.34. The van der Waals surface area contributed by atoms with E-state index in [2.05, 4.69) is 5.32 Å². The quantitative estimate of drug-likeness (QED) is 0.907. The summed E-state index contributed by atoms with van der Waals surface area (Å²) in [5.74, 6) is 1.22. The van der Waals surface area contributed by atoms with Crippen molar-refractivity contribution >= 4 is 0 Å². The summed E-state index contributed by atoms with van der Waals surface area (Å²) in [6, 6.07) is 4.80. The van der Waals surface area contributed by atoms with Gasteiger partial charge in [0.15, 0.2) is 0 Å². The predicted octanol–water partition coefficient (Wildman–Crippen LogP) is 2.67. The number of benzene rings is 1. The number of hydrogen-bond acceptors (Lipinski definition) is 3. The van der Waals surface area contributed by atoms with Gasteiger partial charge in [0.2, 0.25) is 0 Å². The minimum atomic E-state index is -4.21. The smallest absolute Gasteiger partial charge is 0.401 e. The first-order valence-corrected chi connectivity index (χ1v) is 5.60. The molecular weight excluding hydrogens is 247 g/mol. The molecule has 3 nitrogen and oxygen atoms in total. The van der Waals surface area contributed by atoms with Crippen LogP contribution in [-0.2, 0) is 0 Å². The molecule has 0 aliphatic carbocycles. The molecule has 0 aromatic heterocycles. The van der Waals surface area contributed by atoms with Gasteiger partial charge in [-0.25, -0.2) is 0 Å². The Hall–Kier alpha value is -1.43. The van der Waals surface area contributed by atoms with Crippen LogP contribution in [0.4, 0.5) is 13.2 Å². The Morgan fingerprint density at radius 2 is 2.22 bits per heavy atom. The Morgan fingerprint density at radius 1 is 1.44 bits per heavy atom.